The highest BCUT2D eigenvalue weighted by atomic mass is 16.4. The van der Waals surface area contributed by atoms with Crippen LogP contribution in [0.5, 0.6) is 5.75 Å². The quantitative estimate of drug-likeness (QED) is 0.158. The molecule has 5 nitrogen and oxygen atoms in total. The van der Waals surface area contributed by atoms with Crippen LogP contribution in [0.15, 0.2) is 54.6 Å². The molecule has 214 valence electrons. The number of aromatic hydroxyl groups is 1. The van der Waals surface area contributed by atoms with Crippen LogP contribution in [-0.4, -0.2) is 27.7 Å². The maximum absolute atomic E-state index is 11.8. The van der Waals surface area contributed by atoms with E-state index in [4.69, 9.17) is 4.98 Å². The number of unbranched alkanes of at least 4 members (excludes halogenated alkanes) is 3. The number of benzene rings is 2. The van der Waals surface area contributed by atoms with E-state index in [1.165, 1.54) is 18.4 Å². The zero-order valence-electron chi connectivity index (χ0n) is 24.7. The number of aryl methyl sites for hydroxylation is 4. The van der Waals surface area contributed by atoms with Gasteiger partial charge in [-0.05, 0) is 111 Å². The molecule has 0 radical (unpaired) electrons. The fourth-order valence-corrected chi connectivity index (χ4v) is 5.30. The standard InChI is InChI=1S/C35H46N2O3/c1-5-35(6-2,34(39)40)21-22-36-32-18-11-14-28(25-32)19-20-31-17-12-16-30(37-31)15-10-8-7-9-13-29-23-26(3)33(38)27(4)24-29/h11-12,14,16-20,23-25,36,38H,5-10,13,15,21-22H2,1-4H3,(H,39,40). The second-order valence-corrected chi connectivity index (χ2v) is 11.0. The molecule has 0 spiro atoms. The van der Waals surface area contributed by atoms with Crippen LogP contribution in [0, 0.1) is 19.3 Å². The van der Waals surface area contributed by atoms with Gasteiger partial charge in [-0.25, -0.2) is 0 Å². The Bertz CT molecular complexity index is 1250. The maximum Gasteiger partial charge on any atom is 0.309 e. The molecule has 0 aliphatic rings. The summed E-state index contributed by atoms with van der Waals surface area (Å²) >= 11 is 0. The van der Waals surface area contributed by atoms with Crippen LogP contribution < -0.4 is 5.32 Å². The van der Waals surface area contributed by atoms with E-state index in [9.17, 15) is 15.0 Å². The highest BCUT2D eigenvalue weighted by Crippen LogP contribution is 2.31. The summed E-state index contributed by atoms with van der Waals surface area (Å²) in [6.07, 6.45) is 12.7. The van der Waals surface area contributed by atoms with Crippen LogP contribution in [0.1, 0.15) is 92.4 Å². The Labute approximate surface area is 240 Å². The number of carbonyl (C=O) groups is 1. The Morgan fingerprint density at radius 1 is 0.900 bits per heavy atom. The molecule has 0 unspecified atom stereocenters. The highest BCUT2D eigenvalue weighted by molar-refractivity contribution is 5.74. The molecule has 1 heterocycles. The summed E-state index contributed by atoms with van der Waals surface area (Å²) in [6.45, 7) is 8.46. The van der Waals surface area contributed by atoms with E-state index in [1.54, 1.807) is 0 Å². The summed E-state index contributed by atoms with van der Waals surface area (Å²) in [4.78, 5) is 16.6. The third-order valence-electron chi connectivity index (χ3n) is 8.10. The molecule has 0 bridgehead atoms. The molecule has 0 saturated carbocycles. The van der Waals surface area contributed by atoms with E-state index in [2.05, 4.69) is 47.8 Å². The van der Waals surface area contributed by atoms with Crippen LogP contribution in [-0.2, 0) is 17.6 Å². The molecule has 0 atom stereocenters. The lowest BCUT2D eigenvalue weighted by Crippen LogP contribution is -2.31. The highest BCUT2D eigenvalue weighted by Gasteiger charge is 2.34. The predicted molar refractivity (Wildman–Crippen MR) is 167 cm³/mol. The van der Waals surface area contributed by atoms with E-state index in [1.807, 2.05) is 52.0 Å². The monoisotopic (exact) mass is 542 g/mol. The van der Waals surface area contributed by atoms with Crippen molar-refractivity contribution >= 4 is 23.8 Å². The van der Waals surface area contributed by atoms with Gasteiger partial charge in [0.1, 0.15) is 5.75 Å². The molecule has 5 heteroatoms. The predicted octanol–water partition coefficient (Wildman–Crippen LogP) is 8.61. The van der Waals surface area contributed by atoms with Crippen LogP contribution in [0.25, 0.3) is 12.2 Å². The van der Waals surface area contributed by atoms with E-state index in [0.29, 0.717) is 31.6 Å². The summed E-state index contributed by atoms with van der Waals surface area (Å²) in [7, 11) is 0. The summed E-state index contributed by atoms with van der Waals surface area (Å²) < 4.78 is 0. The molecule has 3 N–H and O–H groups in total. The smallest absolute Gasteiger partial charge is 0.309 e. The van der Waals surface area contributed by atoms with E-state index in [0.717, 1.165) is 59.4 Å². The number of anilines is 1. The SMILES string of the molecule is CCC(CC)(CCNc1cccc(C=Cc2cccc(CCCCCCc3cc(C)c(O)c(C)c3)n2)c1)C(=O)O. The van der Waals surface area contributed by atoms with Gasteiger partial charge in [-0.1, -0.05) is 63.1 Å². The minimum Gasteiger partial charge on any atom is -0.507 e. The topological polar surface area (TPSA) is 82.5 Å². The number of phenols is 1. The number of carboxylic acids is 1. The molecular weight excluding hydrogens is 496 g/mol. The summed E-state index contributed by atoms with van der Waals surface area (Å²) in [5.41, 5.74) is 6.71. The number of phenolic OH excluding ortho intramolecular Hbond substituents is 1. The Kier molecular flexibility index (Phi) is 11.8. The third kappa shape index (κ3) is 8.97. The van der Waals surface area contributed by atoms with Gasteiger partial charge in [0.05, 0.1) is 11.1 Å². The molecule has 0 saturated heterocycles. The average Bonchev–Trinajstić information content (AvgIpc) is 2.95. The average molecular weight is 543 g/mol. The molecule has 0 fully saturated rings. The number of aliphatic carboxylic acids is 1. The zero-order valence-corrected chi connectivity index (χ0v) is 24.7. The number of rotatable bonds is 16. The van der Waals surface area contributed by atoms with Gasteiger partial charge in [-0.2, -0.15) is 0 Å². The number of carboxylic acid groups (broad SMARTS) is 1. The normalized spacial score (nSPS) is 11.7. The Morgan fingerprint density at radius 2 is 1.57 bits per heavy atom. The summed E-state index contributed by atoms with van der Waals surface area (Å²) in [6, 6.07) is 18.6. The number of aromatic nitrogens is 1. The minimum atomic E-state index is -0.707. The van der Waals surface area contributed by atoms with Crippen molar-refractivity contribution in [3.63, 3.8) is 0 Å². The van der Waals surface area contributed by atoms with Crippen LogP contribution in [0.4, 0.5) is 5.69 Å². The third-order valence-corrected chi connectivity index (χ3v) is 8.10. The molecule has 3 rings (SSSR count). The van der Waals surface area contributed by atoms with Gasteiger partial charge < -0.3 is 15.5 Å². The Balaban J connectivity index is 1.44. The molecular formula is C35H46N2O3. The lowest BCUT2D eigenvalue weighted by atomic mass is 9.79. The van der Waals surface area contributed by atoms with Crippen molar-refractivity contribution in [3.05, 3.63) is 88.2 Å². The fourth-order valence-electron chi connectivity index (χ4n) is 5.30. The van der Waals surface area contributed by atoms with E-state index >= 15 is 0 Å². The Hall–Kier alpha value is -3.60. The molecule has 2 aromatic carbocycles. The fraction of sp³-hybridized carbons (Fsp3) is 0.429. The molecule has 0 amide bonds. The lowest BCUT2D eigenvalue weighted by molar-refractivity contribution is -0.149. The largest absolute Gasteiger partial charge is 0.507 e. The number of nitrogens with one attached hydrogen (secondary N) is 1. The Morgan fingerprint density at radius 3 is 2.25 bits per heavy atom. The van der Waals surface area contributed by atoms with Gasteiger partial charge in [-0.15, -0.1) is 0 Å². The lowest BCUT2D eigenvalue weighted by Gasteiger charge is -2.26. The van der Waals surface area contributed by atoms with Crippen LogP contribution >= 0.6 is 0 Å². The first-order valence-electron chi connectivity index (χ1n) is 14.8. The van der Waals surface area contributed by atoms with Crippen molar-refractivity contribution in [1.29, 1.82) is 0 Å². The van der Waals surface area contributed by atoms with Gasteiger partial charge in [0, 0.05) is 17.9 Å². The van der Waals surface area contributed by atoms with Crippen molar-refractivity contribution in [3.8, 4) is 5.75 Å². The summed E-state index contributed by atoms with van der Waals surface area (Å²) in [5.74, 6) is -0.291. The first-order valence-corrected chi connectivity index (χ1v) is 14.8. The number of pyridine rings is 1. The van der Waals surface area contributed by atoms with Gasteiger partial charge >= 0.3 is 5.97 Å². The van der Waals surface area contributed by atoms with Gasteiger partial charge in [0.25, 0.3) is 0 Å². The van der Waals surface area contributed by atoms with Crippen molar-refractivity contribution in [2.24, 2.45) is 5.41 Å². The first kappa shape index (κ1) is 30.9. The second-order valence-electron chi connectivity index (χ2n) is 11.0. The van der Waals surface area contributed by atoms with Crippen LogP contribution in [0.3, 0.4) is 0 Å². The molecule has 1 aromatic heterocycles. The van der Waals surface area contributed by atoms with Crippen molar-refractivity contribution in [2.75, 3.05) is 11.9 Å². The summed E-state index contributed by atoms with van der Waals surface area (Å²) in [5, 5.41) is 23.0. The number of hydrogen-bond donors (Lipinski definition) is 3. The molecule has 40 heavy (non-hydrogen) atoms. The van der Waals surface area contributed by atoms with E-state index < -0.39 is 11.4 Å². The van der Waals surface area contributed by atoms with Crippen molar-refractivity contribution < 1.29 is 15.0 Å². The molecule has 3 aromatic rings. The van der Waals surface area contributed by atoms with Crippen LogP contribution in [0.2, 0.25) is 0 Å². The van der Waals surface area contributed by atoms with Crippen molar-refractivity contribution in [1.82, 2.24) is 4.98 Å². The molecule has 0 aliphatic heterocycles. The van der Waals surface area contributed by atoms with Gasteiger partial charge in [0.2, 0.25) is 0 Å². The maximum atomic E-state index is 11.8. The first-order chi connectivity index (χ1) is 19.3. The zero-order chi connectivity index (χ0) is 29.0. The van der Waals surface area contributed by atoms with Crippen molar-refractivity contribution in [2.45, 2.75) is 85.5 Å². The second kappa shape index (κ2) is 15.3. The van der Waals surface area contributed by atoms with Gasteiger partial charge in [-0.3, -0.25) is 9.78 Å². The number of nitrogens with zero attached hydrogens (tertiary/aromatic N) is 1. The minimum absolute atomic E-state index is 0.416. The number of hydrogen-bond acceptors (Lipinski definition) is 4. The van der Waals surface area contributed by atoms with E-state index in [-0.39, 0.29) is 0 Å². The molecule has 0 aliphatic carbocycles. The van der Waals surface area contributed by atoms with Gasteiger partial charge in [0.15, 0.2) is 0 Å².